The maximum atomic E-state index is 11.7. The first-order valence-corrected chi connectivity index (χ1v) is 5.78. The number of carbonyl (C=O) groups excluding carboxylic acids is 1. The van der Waals surface area contributed by atoms with Crippen LogP contribution in [0.5, 0.6) is 0 Å². The van der Waals surface area contributed by atoms with Crippen LogP contribution in [0.2, 0.25) is 0 Å². The van der Waals surface area contributed by atoms with E-state index in [0.29, 0.717) is 5.56 Å². The van der Waals surface area contributed by atoms with Gasteiger partial charge in [-0.2, -0.15) is 5.10 Å². The zero-order valence-electron chi connectivity index (χ0n) is 8.85. The maximum absolute atomic E-state index is 11.7. The lowest BCUT2D eigenvalue weighted by molar-refractivity contribution is 0.0954. The molecule has 2 rings (SSSR count). The quantitative estimate of drug-likeness (QED) is 0.663. The minimum absolute atomic E-state index is 0.250. The van der Waals surface area contributed by atoms with Crippen LogP contribution in [-0.2, 0) is 0 Å². The maximum Gasteiger partial charge on any atom is 0.272 e. The molecule has 0 saturated heterocycles. The Bertz CT molecular complexity index is 534. The van der Waals surface area contributed by atoms with Crippen LogP contribution >= 0.6 is 15.9 Å². The smallest absolute Gasteiger partial charge is 0.272 e. The number of benzene rings is 1. The topological polar surface area (TPSA) is 57.2 Å². The summed E-state index contributed by atoms with van der Waals surface area (Å²) in [7, 11) is 0. The summed E-state index contributed by atoms with van der Waals surface area (Å²) in [6.07, 6.45) is 3.34. The van der Waals surface area contributed by atoms with Gasteiger partial charge < -0.3 is 4.98 Å². The second-order valence-electron chi connectivity index (χ2n) is 3.30. The Balaban J connectivity index is 2.01. The molecule has 0 fully saturated rings. The molecule has 0 saturated carbocycles. The summed E-state index contributed by atoms with van der Waals surface area (Å²) < 4.78 is 0.743. The molecule has 0 spiro atoms. The molecule has 0 aliphatic carbocycles. The van der Waals surface area contributed by atoms with E-state index in [1.165, 1.54) is 0 Å². The molecule has 0 aliphatic heterocycles. The van der Waals surface area contributed by atoms with Gasteiger partial charge >= 0.3 is 0 Å². The van der Waals surface area contributed by atoms with Crippen LogP contribution in [0.3, 0.4) is 0 Å². The van der Waals surface area contributed by atoms with Gasteiger partial charge in [0.25, 0.3) is 5.91 Å². The minimum atomic E-state index is -0.250. The van der Waals surface area contributed by atoms with Gasteiger partial charge in [-0.3, -0.25) is 4.79 Å². The summed E-state index contributed by atoms with van der Waals surface area (Å²) in [5, 5.41) is 3.85. The Morgan fingerprint density at radius 1 is 1.29 bits per heavy atom. The SMILES string of the molecule is O=C(N/N=C\c1ccc[nH]1)c1ccccc1Br. The van der Waals surface area contributed by atoms with Crippen molar-refractivity contribution in [2.24, 2.45) is 5.10 Å². The van der Waals surface area contributed by atoms with Crippen molar-refractivity contribution in [1.29, 1.82) is 0 Å². The number of aromatic amines is 1. The molecule has 0 bridgehead atoms. The van der Waals surface area contributed by atoms with Crippen molar-refractivity contribution in [2.75, 3.05) is 0 Å². The third kappa shape index (κ3) is 3.04. The molecule has 2 aromatic rings. The van der Waals surface area contributed by atoms with Crippen molar-refractivity contribution in [3.8, 4) is 0 Å². The van der Waals surface area contributed by atoms with Crippen molar-refractivity contribution in [2.45, 2.75) is 0 Å². The molecule has 1 amide bonds. The molecule has 0 atom stereocenters. The number of H-pyrrole nitrogens is 1. The van der Waals surface area contributed by atoms with E-state index >= 15 is 0 Å². The van der Waals surface area contributed by atoms with Gasteiger partial charge in [-0.25, -0.2) is 5.43 Å². The van der Waals surface area contributed by atoms with E-state index in [2.05, 4.69) is 31.4 Å². The van der Waals surface area contributed by atoms with Crippen LogP contribution in [0.25, 0.3) is 0 Å². The summed E-state index contributed by atoms with van der Waals surface area (Å²) in [6.45, 7) is 0. The Labute approximate surface area is 107 Å². The van der Waals surface area contributed by atoms with Gasteiger partial charge in [-0.1, -0.05) is 12.1 Å². The summed E-state index contributed by atoms with van der Waals surface area (Å²) in [5.74, 6) is -0.250. The van der Waals surface area contributed by atoms with Gasteiger partial charge in [-0.15, -0.1) is 0 Å². The third-order valence-electron chi connectivity index (χ3n) is 2.11. The number of hydrogen-bond acceptors (Lipinski definition) is 2. The lowest BCUT2D eigenvalue weighted by atomic mass is 10.2. The van der Waals surface area contributed by atoms with Gasteiger partial charge in [-0.05, 0) is 40.2 Å². The zero-order valence-corrected chi connectivity index (χ0v) is 10.4. The monoisotopic (exact) mass is 291 g/mol. The van der Waals surface area contributed by atoms with Crippen LogP contribution in [0, 0.1) is 0 Å². The molecular formula is C12H10BrN3O. The Morgan fingerprint density at radius 2 is 2.12 bits per heavy atom. The molecule has 0 radical (unpaired) electrons. The van der Waals surface area contributed by atoms with Crippen LogP contribution in [0.1, 0.15) is 16.1 Å². The van der Waals surface area contributed by atoms with E-state index in [1.54, 1.807) is 24.5 Å². The fourth-order valence-electron chi connectivity index (χ4n) is 1.29. The van der Waals surface area contributed by atoms with Crippen molar-refractivity contribution in [1.82, 2.24) is 10.4 Å². The predicted molar refractivity (Wildman–Crippen MR) is 70.0 cm³/mol. The molecule has 2 N–H and O–H groups in total. The fourth-order valence-corrected chi connectivity index (χ4v) is 1.76. The van der Waals surface area contributed by atoms with E-state index < -0.39 is 0 Å². The molecule has 1 aromatic heterocycles. The molecule has 0 aliphatic rings. The van der Waals surface area contributed by atoms with Gasteiger partial charge in [0, 0.05) is 10.7 Å². The Morgan fingerprint density at radius 3 is 2.82 bits per heavy atom. The second-order valence-corrected chi connectivity index (χ2v) is 4.16. The van der Waals surface area contributed by atoms with Crippen molar-refractivity contribution in [3.05, 3.63) is 58.3 Å². The first kappa shape index (κ1) is 11.6. The first-order chi connectivity index (χ1) is 8.27. The number of halogens is 1. The number of nitrogens with zero attached hydrogens (tertiary/aromatic N) is 1. The normalized spacial score (nSPS) is 10.6. The highest BCUT2D eigenvalue weighted by molar-refractivity contribution is 9.10. The number of aromatic nitrogens is 1. The van der Waals surface area contributed by atoms with Gasteiger partial charge in [0.2, 0.25) is 0 Å². The lowest BCUT2D eigenvalue weighted by Gasteiger charge is -2.01. The third-order valence-corrected chi connectivity index (χ3v) is 2.80. The van der Waals surface area contributed by atoms with Crippen LogP contribution in [0.4, 0.5) is 0 Å². The Kier molecular flexibility index (Phi) is 3.72. The largest absolute Gasteiger partial charge is 0.360 e. The van der Waals surface area contributed by atoms with Gasteiger partial charge in [0.1, 0.15) is 0 Å². The van der Waals surface area contributed by atoms with Gasteiger partial charge in [0.15, 0.2) is 0 Å². The number of hydrazone groups is 1. The van der Waals surface area contributed by atoms with Crippen LogP contribution in [-0.4, -0.2) is 17.1 Å². The standard InChI is InChI=1S/C12H10BrN3O/c13-11-6-2-1-5-10(11)12(17)16-15-8-9-4-3-7-14-9/h1-8,14H,(H,16,17)/b15-8-. The highest BCUT2D eigenvalue weighted by Gasteiger charge is 2.07. The average Bonchev–Trinajstić information content (AvgIpc) is 2.82. The molecule has 4 nitrogen and oxygen atoms in total. The highest BCUT2D eigenvalue weighted by Crippen LogP contribution is 2.15. The predicted octanol–water partition coefficient (Wildman–Crippen LogP) is 2.54. The average molecular weight is 292 g/mol. The van der Waals surface area contributed by atoms with E-state index in [0.717, 1.165) is 10.2 Å². The van der Waals surface area contributed by atoms with Crippen LogP contribution < -0.4 is 5.43 Å². The number of nitrogens with one attached hydrogen (secondary N) is 2. The second kappa shape index (κ2) is 5.45. The van der Waals surface area contributed by atoms with Gasteiger partial charge in [0.05, 0.1) is 17.5 Å². The molecule has 1 heterocycles. The van der Waals surface area contributed by atoms with E-state index in [9.17, 15) is 4.79 Å². The number of amides is 1. The molecule has 17 heavy (non-hydrogen) atoms. The summed E-state index contributed by atoms with van der Waals surface area (Å²) in [5.41, 5.74) is 3.84. The molecule has 5 heteroatoms. The zero-order chi connectivity index (χ0) is 12.1. The summed E-state index contributed by atoms with van der Waals surface area (Å²) >= 11 is 3.31. The minimum Gasteiger partial charge on any atom is -0.360 e. The van der Waals surface area contributed by atoms with E-state index in [4.69, 9.17) is 0 Å². The Hall–Kier alpha value is -1.88. The van der Waals surface area contributed by atoms with E-state index in [-0.39, 0.29) is 5.91 Å². The highest BCUT2D eigenvalue weighted by atomic mass is 79.9. The number of hydrogen-bond donors (Lipinski definition) is 2. The van der Waals surface area contributed by atoms with Crippen molar-refractivity contribution < 1.29 is 4.79 Å². The van der Waals surface area contributed by atoms with Crippen molar-refractivity contribution >= 4 is 28.1 Å². The summed E-state index contributed by atoms with van der Waals surface area (Å²) in [6, 6.07) is 10.9. The summed E-state index contributed by atoms with van der Waals surface area (Å²) in [4.78, 5) is 14.7. The molecular weight excluding hydrogens is 282 g/mol. The lowest BCUT2D eigenvalue weighted by Crippen LogP contribution is -2.18. The number of carbonyl (C=O) groups is 1. The molecule has 0 unspecified atom stereocenters. The van der Waals surface area contributed by atoms with Crippen LogP contribution in [0.15, 0.2) is 52.2 Å². The fraction of sp³-hybridized carbons (Fsp3) is 0. The number of rotatable bonds is 3. The first-order valence-electron chi connectivity index (χ1n) is 4.98. The molecule has 1 aromatic carbocycles. The van der Waals surface area contributed by atoms with E-state index in [1.807, 2.05) is 24.3 Å². The molecule has 86 valence electrons. The van der Waals surface area contributed by atoms with Crippen molar-refractivity contribution in [3.63, 3.8) is 0 Å².